The second kappa shape index (κ2) is 18.2. The highest BCUT2D eigenvalue weighted by atomic mass is 32.2. The highest BCUT2D eigenvalue weighted by molar-refractivity contribution is 8.00. The van der Waals surface area contributed by atoms with Crippen LogP contribution in [-0.4, -0.2) is 78.8 Å². The number of sulfonamides is 1. The molecule has 1 amide bonds. The number of piperidine rings is 1. The minimum atomic E-state index is -4.65. The van der Waals surface area contributed by atoms with E-state index in [1.54, 1.807) is 24.4 Å². The van der Waals surface area contributed by atoms with E-state index >= 15 is 0 Å². The van der Waals surface area contributed by atoms with Crippen LogP contribution >= 0.6 is 11.8 Å². The molecule has 1 unspecified atom stereocenters. The number of H-pyrrole nitrogens is 1. The number of likely N-dealkylation sites (tertiary alicyclic amines) is 1. The minimum Gasteiger partial charge on any atom is -0.491 e. The van der Waals surface area contributed by atoms with Gasteiger partial charge in [-0.2, -0.15) is 4.98 Å². The molecule has 2 aromatic heterocycles. The molecule has 14 nitrogen and oxygen atoms in total. The van der Waals surface area contributed by atoms with Crippen LogP contribution in [0.15, 0.2) is 82.7 Å². The molecule has 2 aliphatic carbocycles. The zero-order valence-electron chi connectivity index (χ0n) is 39.6. The van der Waals surface area contributed by atoms with Gasteiger partial charge in [0.2, 0.25) is 0 Å². The molecule has 10 rings (SSSR count). The van der Waals surface area contributed by atoms with Gasteiger partial charge in [0.1, 0.15) is 28.6 Å². The largest absolute Gasteiger partial charge is 0.491 e. The van der Waals surface area contributed by atoms with Crippen LogP contribution in [0.1, 0.15) is 125 Å². The molecule has 0 bridgehead atoms. The third kappa shape index (κ3) is 9.03. The van der Waals surface area contributed by atoms with Crippen LogP contribution in [0.2, 0.25) is 0 Å². The molecule has 5 aliphatic rings. The molecule has 2 saturated heterocycles. The second-order valence-electron chi connectivity index (χ2n) is 20.9. The number of pyridine rings is 1. The molecule has 2 saturated carbocycles. The van der Waals surface area contributed by atoms with Crippen LogP contribution in [-0.2, 0) is 10.0 Å². The van der Waals surface area contributed by atoms with E-state index < -0.39 is 25.7 Å². The Morgan fingerprint density at radius 1 is 0.985 bits per heavy atom. The van der Waals surface area contributed by atoms with E-state index in [0.717, 1.165) is 75.3 Å². The van der Waals surface area contributed by atoms with Crippen molar-refractivity contribution in [2.75, 3.05) is 38.3 Å². The SMILES string of the molecule is COc1nc2[nH]ccc2cc1Oc1cc(N2CCC3(CC2)CC(N2CCC[C@H]2c2ccccc2C(C)C)C3)ccc1C(=O)NS(=O)(=O)c1cc2c(c([N+](=O)[O-])c1)SC(C1CCC(C)(C)CC1)CO2. The highest BCUT2D eigenvalue weighted by Crippen LogP contribution is 2.55. The predicted molar refractivity (Wildman–Crippen MR) is 264 cm³/mol. The number of amides is 1. The Morgan fingerprint density at radius 2 is 1.75 bits per heavy atom. The van der Waals surface area contributed by atoms with Gasteiger partial charge in [0.25, 0.3) is 27.5 Å². The van der Waals surface area contributed by atoms with Gasteiger partial charge in [0.15, 0.2) is 5.75 Å². The normalized spacial score (nSPS) is 21.9. The van der Waals surface area contributed by atoms with Gasteiger partial charge in [-0.15, -0.1) is 11.8 Å². The highest BCUT2D eigenvalue weighted by Gasteiger charge is 2.50. The number of nitro benzene ring substituents is 1. The van der Waals surface area contributed by atoms with Crippen molar-refractivity contribution in [2.24, 2.45) is 16.7 Å². The van der Waals surface area contributed by atoms with Crippen LogP contribution in [0, 0.1) is 26.9 Å². The predicted octanol–water partition coefficient (Wildman–Crippen LogP) is 11.2. The average Bonchev–Trinajstić information content (AvgIpc) is 3.99. The minimum absolute atomic E-state index is 0.00991. The molecule has 4 fully saturated rings. The van der Waals surface area contributed by atoms with Crippen molar-refractivity contribution in [3.8, 4) is 23.1 Å². The summed E-state index contributed by atoms with van der Waals surface area (Å²) in [7, 11) is -3.18. The molecule has 5 aromatic rings. The van der Waals surface area contributed by atoms with Crippen LogP contribution in [0.3, 0.4) is 0 Å². The number of benzene rings is 3. The zero-order valence-corrected chi connectivity index (χ0v) is 41.2. The van der Waals surface area contributed by atoms with Gasteiger partial charge in [0.05, 0.1) is 22.5 Å². The number of carbonyl (C=O) groups is 1. The fourth-order valence-corrected chi connectivity index (χ4v) is 14.1. The lowest BCUT2D eigenvalue weighted by Gasteiger charge is -2.56. The first kappa shape index (κ1) is 46.4. The first-order valence-electron chi connectivity index (χ1n) is 24.2. The molecule has 360 valence electrons. The van der Waals surface area contributed by atoms with Gasteiger partial charge in [-0.1, -0.05) is 52.0 Å². The molecular formula is C52H62N6O8S2. The summed E-state index contributed by atoms with van der Waals surface area (Å²) >= 11 is 1.39. The molecule has 0 radical (unpaired) electrons. The van der Waals surface area contributed by atoms with Crippen LogP contribution in [0.4, 0.5) is 11.4 Å². The van der Waals surface area contributed by atoms with E-state index in [4.69, 9.17) is 14.2 Å². The number of rotatable bonds is 12. The number of aromatic nitrogens is 2. The molecule has 68 heavy (non-hydrogen) atoms. The number of hydrogen-bond donors (Lipinski definition) is 2. The number of carbonyl (C=O) groups excluding carboxylic acids is 1. The third-order valence-corrected chi connectivity index (χ3v) is 18.5. The summed E-state index contributed by atoms with van der Waals surface area (Å²) < 4.78 is 48.5. The van der Waals surface area contributed by atoms with E-state index in [0.29, 0.717) is 41.1 Å². The Morgan fingerprint density at radius 3 is 2.49 bits per heavy atom. The Bertz CT molecular complexity index is 2840. The number of nitrogens with one attached hydrogen (secondary N) is 2. The van der Waals surface area contributed by atoms with Gasteiger partial charge in [-0.3, -0.25) is 19.8 Å². The summed E-state index contributed by atoms with van der Waals surface area (Å²) in [4.78, 5) is 38.7. The van der Waals surface area contributed by atoms with E-state index in [-0.39, 0.29) is 50.5 Å². The standard InChI is InChI=1S/C52H62N6O8S2/c1-32(2)38-9-6-7-10-39(38)41-11-8-22-57(41)36-29-52(30-36)19-23-56(24-20-52)35-12-13-40(43(26-35)66-45-25-34-16-21-53-48(34)54-50(45)64-5)49(59)55-68(62,63)37-27-42(58(60)61)47-44(28-37)65-31-46(67-47)33-14-17-51(3,4)18-15-33/h6-7,9-10,12-13,16,21,25-28,32-33,36,41,46H,8,11,14-15,17-20,22-24,29-31H2,1-5H3,(H,53,54)(H,55,59)/t41-,46?/m0/s1. The van der Waals surface area contributed by atoms with Gasteiger partial charge in [0, 0.05) is 65.9 Å². The maximum absolute atomic E-state index is 14.3. The molecule has 5 heterocycles. The van der Waals surface area contributed by atoms with Crippen molar-refractivity contribution in [1.82, 2.24) is 19.6 Å². The van der Waals surface area contributed by atoms with E-state index in [1.807, 2.05) is 12.1 Å². The first-order chi connectivity index (χ1) is 32.6. The number of nitrogens with zero attached hydrogens (tertiary/aromatic N) is 4. The monoisotopic (exact) mass is 962 g/mol. The lowest BCUT2D eigenvalue weighted by Crippen LogP contribution is -2.54. The summed E-state index contributed by atoms with van der Waals surface area (Å²) in [6.07, 6.45) is 12.8. The number of nitro groups is 1. The quantitative estimate of drug-likeness (QED) is 0.0898. The van der Waals surface area contributed by atoms with E-state index in [2.05, 4.69) is 76.5 Å². The summed E-state index contributed by atoms with van der Waals surface area (Å²) in [5.41, 5.74) is 4.50. The Hall–Kier alpha value is -5.32. The number of hydrogen-bond acceptors (Lipinski definition) is 12. The molecule has 3 aliphatic heterocycles. The second-order valence-corrected chi connectivity index (χ2v) is 23.8. The molecule has 2 N–H and O–H groups in total. The maximum Gasteiger partial charge on any atom is 0.288 e. The number of aromatic amines is 1. The maximum atomic E-state index is 14.3. The number of fused-ring (bicyclic) bond motifs is 2. The number of thioether (sulfide) groups is 1. The van der Waals surface area contributed by atoms with E-state index in [1.165, 1.54) is 61.7 Å². The van der Waals surface area contributed by atoms with Gasteiger partial charge >= 0.3 is 0 Å². The van der Waals surface area contributed by atoms with Crippen molar-refractivity contribution in [3.05, 3.63) is 99.7 Å². The molecule has 1 spiro atoms. The summed E-state index contributed by atoms with van der Waals surface area (Å²) in [6.45, 7) is 12.2. The van der Waals surface area contributed by atoms with Crippen molar-refractivity contribution in [1.29, 1.82) is 0 Å². The lowest BCUT2D eigenvalue weighted by molar-refractivity contribution is -0.388. The topological polar surface area (TPSA) is 169 Å². The first-order valence-corrected chi connectivity index (χ1v) is 26.6. The van der Waals surface area contributed by atoms with Crippen LogP contribution in [0.5, 0.6) is 23.1 Å². The van der Waals surface area contributed by atoms with E-state index in [9.17, 15) is 23.3 Å². The van der Waals surface area contributed by atoms with Crippen molar-refractivity contribution >= 4 is 50.1 Å². The van der Waals surface area contributed by atoms with Gasteiger partial charge < -0.3 is 24.1 Å². The summed E-state index contributed by atoms with van der Waals surface area (Å²) in [5.74, 6) is 0.481. The third-order valence-electron chi connectivity index (χ3n) is 15.7. The summed E-state index contributed by atoms with van der Waals surface area (Å²) in [6, 6.07) is 21.1. The summed E-state index contributed by atoms with van der Waals surface area (Å²) in [5, 5.41) is 13.2. The molecule has 3 aromatic carbocycles. The van der Waals surface area contributed by atoms with Gasteiger partial charge in [-0.05, 0) is 129 Å². The lowest BCUT2D eigenvalue weighted by atomic mass is 9.59. The van der Waals surface area contributed by atoms with Crippen LogP contribution < -0.4 is 23.8 Å². The van der Waals surface area contributed by atoms with Crippen molar-refractivity contribution in [2.45, 2.75) is 125 Å². The van der Waals surface area contributed by atoms with Crippen LogP contribution in [0.25, 0.3) is 11.0 Å². The van der Waals surface area contributed by atoms with Gasteiger partial charge in [-0.25, -0.2) is 13.1 Å². The van der Waals surface area contributed by atoms with Crippen molar-refractivity contribution in [3.63, 3.8) is 0 Å². The number of methoxy groups -OCH3 is 1. The Labute approximate surface area is 403 Å². The average molecular weight is 963 g/mol. The Balaban J connectivity index is 0.875. The fourth-order valence-electron chi connectivity index (χ4n) is 11.7. The number of anilines is 1. The Kier molecular flexibility index (Phi) is 12.4. The molecule has 2 atom stereocenters. The van der Waals surface area contributed by atoms with Crippen molar-refractivity contribution < 1.29 is 32.3 Å². The molecule has 16 heteroatoms. The molecular weight excluding hydrogens is 901 g/mol. The zero-order chi connectivity index (χ0) is 47.5. The fraction of sp³-hybridized carbons (Fsp3) is 0.500. The smallest absolute Gasteiger partial charge is 0.288 e. The number of ether oxygens (including phenoxy) is 3.